The van der Waals surface area contributed by atoms with Crippen LogP contribution in [0.5, 0.6) is 0 Å². The van der Waals surface area contributed by atoms with Gasteiger partial charge in [0, 0.05) is 0 Å². The number of carbonyl (C=O) groups is 1. The lowest BCUT2D eigenvalue weighted by Crippen LogP contribution is -2.23. The van der Waals surface area contributed by atoms with Crippen LogP contribution < -0.4 is 5.11 Å². The van der Waals surface area contributed by atoms with Crippen molar-refractivity contribution in [1.82, 2.24) is 0 Å². The summed E-state index contributed by atoms with van der Waals surface area (Å²) in [6.07, 6.45) is 30.8. The summed E-state index contributed by atoms with van der Waals surface area (Å²) in [6, 6.07) is 0. The van der Waals surface area contributed by atoms with Crippen molar-refractivity contribution in [3.8, 4) is 0 Å². The first-order chi connectivity index (χ1) is 14.2. The van der Waals surface area contributed by atoms with Crippen LogP contribution in [0.25, 0.3) is 0 Å². The fourth-order valence-corrected chi connectivity index (χ4v) is 4.05. The van der Waals surface area contributed by atoms with E-state index in [4.69, 9.17) is 0 Å². The highest BCUT2D eigenvalue weighted by atomic mass is 16.4. The smallest absolute Gasteiger partial charge is 0.0668 e. The Hall–Kier alpha value is -0.790. The summed E-state index contributed by atoms with van der Waals surface area (Å²) < 4.78 is 0. The molecule has 0 aromatic heterocycles. The summed E-state index contributed by atoms with van der Waals surface area (Å²) in [5, 5.41) is 10.5. The summed E-state index contributed by atoms with van der Waals surface area (Å²) in [4.78, 5) is 10.5. The van der Waals surface area contributed by atoms with Crippen LogP contribution in [-0.2, 0) is 4.79 Å². The molecule has 0 aliphatic carbocycles. The molecule has 0 N–H and O–H groups in total. The molecule has 2 nitrogen and oxygen atoms in total. The Balaban J connectivity index is 3.05. The molecule has 0 bridgehead atoms. The molecule has 0 aliphatic heterocycles. The molecule has 0 unspecified atom stereocenters. The fourth-order valence-electron chi connectivity index (χ4n) is 4.05. The number of hydrogen-bond acceptors (Lipinski definition) is 2. The number of carboxylic acid groups (broad SMARTS) is 1. The van der Waals surface area contributed by atoms with Crippen LogP contribution >= 0.6 is 0 Å². The second kappa shape index (κ2) is 23.5. The van der Waals surface area contributed by atoms with Crippen LogP contribution in [-0.4, -0.2) is 5.97 Å². The molecule has 0 aliphatic rings. The highest BCUT2D eigenvalue weighted by Crippen LogP contribution is 2.15. The van der Waals surface area contributed by atoms with Crippen molar-refractivity contribution >= 4 is 5.97 Å². The van der Waals surface area contributed by atoms with E-state index in [1.54, 1.807) is 0 Å². The van der Waals surface area contributed by atoms with E-state index in [2.05, 4.69) is 13.5 Å². The van der Waals surface area contributed by atoms with E-state index in [0.717, 1.165) is 12.8 Å². The van der Waals surface area contributed by atoms with Gasteiger partial charge >= 0.3 is 0 Å². The topological polar surface area (TPSA) is 40.1 Å². The van der Waals surface area contributed by atoms with Crippen LogP contribution in [0.15, 0.2) is 12.2 Å². The lowest BCUT2D eigenvalue weighted by atomic mass is 10.0. The van der Waals surface area contributed by atoms with Gasteiger partial charge in [-0.1, -0.05) is 148 Å². The molecule has 0 saturated carbocycles. The van der Waals surface area contributed by atoms with Gasteiger partial charge in [0.25, 0.3) is 0 Å². The lowest BCUT2D eigenvalue weighted by molar-refractivity contribution is -0.299. The fraction of sp³-hybridized carbons (Fsp3) is 0.889. The van der Waals surface area contributed by atoms with Crippen molar-refractivity contribution in [2.75, 3.05) is 0 Å². The zero-order chi connectivity index (χ0) is 21.4. The van der Waals surface area contributed by atoms with Crippen LogP contribution in [0.1, 0.15) is 155 Å². The summed E-state index contributed by atoms with van der Waals surface area (Å²) >= 11 is 0. The lowest BCUT2D eigenvalue weighted by Gasteiger charge is -2.06. The predicted molar refractivity (Wildman–Crippen MR) is 126 cm³/mol. The van der Waals surface area contributed by atoms with Crippen molar-refractivity contribution in [2.24, 2.45) is 0 Å². The number of aliphatic carboxylic acids is 1. The third kappa shape index (κ3) is 23.4. The summed E-state index contributed by atoms with van der Waals surface area (Å²) in [7, 11) is 0. The number of unbranched alkanes of at least 4 members (excludes halogenated alkanes) is 21. The molecule has 0 rings (SSSR count). The molecule has 0 spiro atoms. The molecule has 172 valence electrons. The van der Waals surface area contributed by atoms with Gasteiger partial charge < -0.3 is 9.90 Å². The average Bonchev–Trinajstić information content (AvgIpc) is 2.71. The molecule has 0 saturated heterocycles. The van der Waals surface area contributed by atoms with Gasteiger partial charge in [-0.05, 0) is 18.4 Å². The highest BCUT2D eigenvalue weighted by molar-refractivity contribution is 5.83. The Bertz CT molecular complexity index is 362. The van der Waals surface area contributed by atoms with Crippen LogP contribution in [0.3, 0.4) is 0 Å². The quantitative estimate of drug-likeness (QED) is 0.119. The van der Waals surface area contributed by atoms with E-state index in [9.17, 15) is 9.90 Å². The zero-order valence-corrected chi connectivity index (χ0v) is 19.8. The molecule has 0 atom stereocenters. The highest BCUT2D eigenvalue weighted by Gasteiger charge is 1.97. The molecule has 0 aromatic carbocycles. The van der Waals surface area contributed by atoms with Crippen molar-refractivity contribution in [2.45, 2.75) is 155 Å². The first kappa shape index (κ1) is 28.2. The van der Waals surface area contributed by atoms with Gasteiger partial charge in [0.15, 0.2) is 0 Å². The van der Waals surface area contributed by atoms with Gasteiger partial charge in [-0.3, -0.25) is 0 Å². The van der Waals surface area contributed by atoms with Crippen molar-refractivity contribution in [1.29, 1.82) is 0 Å². The van der Waals surface area contributed by atoms with Crippen molar-refractivity contribution in [3.63, 3.8) is 0 Å². The summed E-state index contributed by atoms with van der Waals surface area (Å²) in [6.45, 7) is 5.80. The number of rotatable bonds is 24. The standard InChI is InChI=1S/C27H52O2/c1-3-4-5-6-7-8-9-10-11-12-13-14-15-16-17-18-19-20-21-22-23-24-25-26(2)27(28)29/h2-25H2,1H3,(H,28,29)/p-1. The SMILES string of the molecule is C=C(CCCCCCCCCCCCCCCCCCCCCCCC)C(=O)[O-]. The monoisotopic (exact) mass is 407 g/mol. The third-order valence-corrected chi connectivity index (χ3v) is 6.12. The summed E-state index contributed by atoms with van der Waals surface area (Å²) in [5.74, 6) is -1.09. The Kier molecular flexibility index (Phi) is 22.8. The predicted octanol–water partition coefficient (Wildman–Crippen LogP) is 8.28. The first-order valence-electron chi connectivity index (χ1n) is 13.1. The van der Waals surface area contributed by atoms with Gasteiger partial charge in [-0.2, -0.15) is 0 Å². The van der Waals surface area contributed by atoms with E-state index < -0.39 is 5.97 Å². The van der Waals surface area contributed by atoms with E-state index in [0.29, 0.717) is 6.42 Å². The van der Waals surface area contributed by atoms with Crippen LogP contribution in [0.2, 0.25) is 0 Å². The zero-order valence-electron chi connectivity index (χ0n) is 19.8. The third-order valence-electron chi connectivity index (χ3n) is 6.12. The van der Waals surface area contributed by atoms with Crippen molar-refractivity contribution in [3.05, 3.63) is 12.2 Å². The number of hydrogen-bond donors (Lipinski definition) is 0. The minimum absolute atomic E-state index is 0.248. The molecular weight excluding hydrogens is 356 g/mol. The van der Waals surface area contributed by atoms with Gasteiger partial charge in [0.1, 0.15) is 0 Å². The molecular formula is C27H51O2-. The minimum Gasteiger partial charge on any atom is -0.545 e. The van der Waals surface area contributed by atoms with Crippen LogP contribution in [0, 0.1) is 0 Å². The maximum Gasteiger partial charge on any atom is 0.0668 e. The van der Waals surface area contributed by atoms with Gasteiger partial charge in [0.2, 0.25) is 0 Å². The largest absolute Gasteiger partial charge is 0.545 e. The second-order valence-electron chi connectivity index (χ2n) is 9.07. The average molecular weight is 408 g/mol. The Morgan fingerprint density at radius 2 is 0.759 bits per heavy atom. The molecule has 29 heavy (non-hydrogen) atoms. The minimum atomic E-state index is -1.09. The number of carboxylic acids is 1. The normalized spacial score (nSPS) is 11.1. The van der Waals surface area contributed by atoms with Gasteiger partial charge in [-0.25, -0.2) is 0 Å². The number of carbonyl (C=O) groups excluding carboxylic acids is 1. The molecule has 0 fully saturated rings. The molecule has 2 heteroatoms. The maximum absolute atomic E-state index is 10.5. The van der Waals surface area contributed by atoms with Gasteiger partial charge in [0.05, 0.1) is 5.97 Å². The van der Waals surface area contributed by atoms with Crippen LogP contribution in [0.4, 0.5) is 0 Å². The summed E-state index contributed by atoms with van der Waals surface area (Å²) in [5.41, 5.74) is 0.248. The molecule has 0 aromatic rings. The van der Waals surface area contributed by atoms with E-state index >= 15 is 0 Å². The Morgan fingerprint density at radius 3 is 1.00 bits per heavy atom. The second-order valence-corrected chi connectivity index (χ2v) is 9.07. The molecule has 0 heterocycles. The Labute approximate surface area is 182 Å². The first-order valence-corrected chi connectivity index (χ1v) is 13.1. The van der Waals surface area contributed by atoms with E-state index in [-0.39, 0.29) is 5.57 Å². The molecule has 0 amide bonds. The molecule has 0 radical (unpaired) electrons. The van der Waals surface area contributed by atoms with Crippen molar-refractivity contribution < 1.29 is 9.90 Å². The van der Waals surface area contributed by atoms with Gasteiger partial charge in [-0.15, -0.1) is 0 Å². The van der Waals surface area contributed by atoms with E-state index in [1.807, 2.05) is 0 Å². The Morgan fingerprint density at radius 1 is 0.517 bits per heavy atom. The maximum atomic E-state index is 10.5. The van der Waals surface area contributed by atoms with E-state index in [1.165, 1.54) is 128 Å².